The summed E-state index contributed by atoms with van der Waals surface area (Å²) in [4.78, 5) is 31.8. The molecule has 2 aliphatic heterocycles. The quantitative estimate of drug-likeness (QED) is 0.579. The van der Waals surface area contributed by atoms with E-state index in [1.54, 1.807) is 4.90 Å². The molecule has 34 heavy (non-hydrogen) atoms. The van der Waals surface area contributed by atoms with Crippen molar-refractivity contribution in [3.8, 4) is 5.75 Å². The number of amides is 2. The van der Waals surface area contributed by atoms with Gasteiger partial charge in [0.25, 0.3) is 0 Å². The Kier molecular flexibility index (Phi) is 9.70. The van der Waals surface area contributed by atoms with Crippen molar-refractivity contribution in [2.75, 3.05) is 72.0 Å². The number of carbonyl (C=O) groups excluding carboxylic acids is 2. The van der Waals surface area contributed by atoms with Crippen molar-refractivity contribution in [3.63, 3.8) is 0 Å². The van der Waals surface area contributed by atoms with E-state index in [1.807, 2.05) is 39.2 Å². The van der Waals surface area contributed by atoms with E-state index in [9.17, 15) is 14.7 Å². The minimum atomic E-state index is -0.278. The number of hydrogen-bond acceptors (Lipinski definition) is 7. The number of nitrogens with zero attached hydrogens (tertiary/aromatic N) is 3. The molecular formula is C25H40N4O5. The molecular weight excluding hydrogens is 436 g/mol. The van der Waals surface area contributed by atoms with Crippen LogP contribution in [0.25, 0.3) is 0 Å². The van der Waals surface area contributed by atoms with E-state index in [2.05, 4.69) is 22.0 Å². The van der Waals surface area contributed by atoms with Gasteiger partial charge in [0, 0.05) is 56.3 Å². The normalized spacial score (nSPS) is 22.9. The van der Waals surface area contributed by atoms with Crippen LogP contribution in [-0.2, 0) is 20.7 Å². The van der Waals surface area contributed by atoms with Gasteiger partial charge < -0.3 is 29.7 Å². The average molecular weight is 477 g/mol. The van der Waals surface area contributed by atoms with E-state index in [4.69, 9.17) is 9.47 Å². The average Bonchev–Trinajstić information content (AvgIpc) is 2.85. The van der Waals surface area contributed by atoms with E-state index in [0.29, 0.717) is 50.7 Å². The first kappa shape index (κ1) is 26.4. The number of hydrogen-bond donors (Lipinski definition) is 2. The maximum atomic E-state index is 13.2. The lowest BCUT2D eigenvalue weighted by Crippen LogP contribution is -2.47. The molecule has 1 saturated heterocycles. The molecule has 1 aromatic rings. The highest BCUT2D eigenvalue weighted by Gasteiger charge is 2.30. The van der Waals surface area contributed by atoms with E-state index < -0.39 is 0 Å². The number of morpholine rings is 1. The lowest BCUT2D eigenvalue weighted by molar-refractivity contribution is -0.134. The largest absolute Gasteiger partial charge is 0.488 e. The van der Waals surface area contributed by atoms with Gasteiger partial charge in [-0.25, -0.2) is 0 Å². The summed E-state index contributed by atoms with van der Waals surface area (Å²) in [7, 11) is 4.00. The Hall–Kier alpha value is -2.20. The van der Waals surface area contributed by atoms with Gasteiger partial charge in [0.2, 0.25) is 11.8 Å². The molecule has 9 nitrogen and oxygen atoms in total. The first-order valence-corrected chi connectivity index (χ1v) is 12.2. The number of rotatable bonds is 8. The van der Waals surface area contributed by atoms with Crippen LogP contribution >= 0.6 is 0 Å². The van der Waals surface area contributed by atoms with Crippen LogP contribution in [0, 0.1) is 5.92 Å². The topological polar surface area (TPSA) is 94.6 Å². The van der Waals surface area contributed by atoms with Crippen LogP contribution in [0.3, 0.4) is 0 Å². The third-order valence-corrected chi connectivity index (χ3v) is 6.50. The summed E-state index contributed by atoms with van der Waals surface area (Å²) in [5.41, 5.74) is 1.39. The zero-order valence-electron chi connectivity index (χ0n) is 21.0. The van der Waals surface area contributed by atoms with Crippen LogP contribution in [0.5, 0.6) is 5.75 Å². The molecule has 0 aliphatic carbocycles. The zero-order chi connectivity index (χ0) is 24.7. The van der Waals surface area contributed by atoms with Crippen molar-refractivity contribution in [3.05, 3.63) is 23.8 Å². The van der Waals surface area contributed by atoms with Crippen molar-refractivity contribution in [1.82, 2.24) is 14.7 Å². The molecule has 0 saturated carbocycles. The van der Waals surface area contributed by atoms with Crippen LogP contribution in [0.1, 0.15) is 25.8 Å². The van der Waals surface area contributed by atoms with E-state index in [1.165, 1.54) is 0 Å². The molecule has 2 amide bonds. The monoisotopic (exact) mass is 476 g/mol. The number of carbonyl (C=O) groups is 2. The lowest BCUT2D eigenvalue weighted by atomic mass is 10.0. The van der Waals surface area contributed by atoms with E-state index in [-0.39, 0.29) is 42.9 Å². The number of fused-ring (bicyclic) bond motifs is 1. The van der Waals surface area contributed by atoms with Gasteiger partial charge in [0.1, 0.15) is 11.9 Å². The van der Waals surface area contributed by atoms with Gasteiger partial charge in [-0.3, -0.25) is 14.5 Å². The van der Waals surface area contributed by atoms with Crippen molar-refractivity contribution in [1.29, 1.82) is 0 Å². The Balaban J connectivity index is 1.76. The summed E-state index contributed by atoms with van der Waals surface area (Å²) in [5, 5.41) is 12.7. The molecule has 3 rings (SSSR count). The van der Waals surface area contributed by atoms with Crippen molar-refractivity contribution in [2.24, 2.45) is 5.92 Å². The fraction of sp³-hybridized carbons (Fsp3) is 0.680. The summed E-state index contributed by atoms with van der Waals surface area (Å²) in [6.07, 6.45) is 0.428. The van der Waals surface area contributed by atoms with Gasteiger partial charge in [-0.1, -0.05) is 6.92 Å². The van der Waals surface area contributed by atoms with Gasteiger partial charge in [-0.05, 0) is 39.2 Å². The molecule has 1 fully saturated rings. The number of anilines is 1. The summed E-state index contributed by atoms with van der Waals surface area (Å²) < 4.78 is 11.8. The van der Waals surface area contributed by atoms with E-state index >= 15 is 0 Å². The Bertz CT molecular complexity index is 828. The minimum absolute atomic E-state index is 0.0560. The molecule has 2 N–H and O–H groups in total. The highest BCUT2D eigenvalue weighted by molar-refractivity contribution is 5.91. The Morgan fingerprint density at radius 2 is 2.03 bits per heavy atom. The standard InChI is InChI=1S/C25H40N4O5/c1-18-15-29(19(2)17-30)25(32)14-20-13-21(5-6-22(20)34-23(18)16-27(3)4)26-24(31)7-8-28-9-11-33-12-10-28/h5-6,13,18-19,23,30H,7-12,14-17H2,1-4H3,(H,26,31)/t18-,19+,23-/m0/s1. The number of benzene rings is 1. The molecule has 9 heteroatoms. The summed E-state index contributed by atoms with van der Waals surface area (Å²) in [6, 6.07) is 5.24. The van der Waals surface area contributed by atoms with Gasteiger partial charge in [-0.15, -0.1) is 0 Å². The Labute approximate surface area is 203 Å². The second-order valence-corrected chi connectivity index (χ2v) is 9.72. The van der Waals surface area contributed by atoms with Crippen LogP contribution in [-0.4, -0.2) is 110 Å². The highest BCUT2D eigenvalue weighted by Crippen LogP contribution is 2.29. The first-order chi connectivity index (χ1) is 16.3. The van der Waals surface area contributed by atoms with Crippen molar-refractivity contribution < 1.29 is 24.2 Å². The van der Waals surface area contributed by atoms with Gasteiger partial charge >= 0.3 is 0 Å². The third kappa shape index (κ3) is 7.40. The molecule has 190 valence electrons. The zero-order valence-corrected chi connectivity index (χ0v) is 21.0. The van der Waals surface area contributed by atoms with Crippen molar-refractivity contribution in [2.45, 2.75) is 38.8 Å². The molecule has 3 atom stereocenters. The second kappa shape index (κ2) is 12.5. The molecule has 0 unspecified atom stereocenters. The van der Waals surface area contributed by atoms with Crippen LogP contribution in [0.2, 0.25) is 0 Å². The van der Waals surface area contributed by atoms with Gasteiger partial charge in [0.15, 0.2) is 0 Å². The molecule has 2 heterocycles. The third-order valence-electron chi connectivity index (χ3n) is 6.50. The molecule has 0 bridgehead atoms. The SMILES string of the molecule is C[C@H](CO)N1C[C@H](C)[C@H](CN(C)C)Oc2ccc(NC(=O)CCN3CCOCC3)cc2CC1=O. The summed E-state index contributed by atoms with van der Waals surface area (Å²) in [5.74, 6) is 0.624. The molecule has 1 aromatic carbocycles. The second-order valence-electron chi connectivity index (χ2n) is 9.72. The molecule has 0 radical (unpaired) electrons. The molecule has 0 aromatic heterocycles. The fourth-order valence-corrected chi connectivity index (χ4v) is 4.39. The van der Waals surface area contributed by atoms with Gasteiger partial charge in [0.05, 0.1) is 32.3 Å². The maximum absolute atomic E-state index is 13.2. The Morgan fingerprint density at radius 3 is 2.71 bits per heavy atom. The lowest BCUT2D eigenvalue weighted by Gasteiger charge is -2.33. The number of likely N-dealkylation sites (N-methyl/N-ethyl adjacent to an activating group) is 1. The smallest absolute Gasteiger partial charge is 0.227 e. The van der Waals surface area contributed by atoms with Crippen molar-refractivity contribution >= 4 is 17.5 Å². The Morgan fingerprint density at radius 1 is 1.29 bits per heavy atom. The first-order valence-electron chi connectivity index (χ1n) is 12.2. The number of ether oxygens (including phenoxy) is 2. The minimum Gasteiger partial charge on any atom is -0.488 e. The summed E-state index contributed by atoms with van der Waals surface area (Å²) >= 11 is 0. The fourth-order valence-electron chi connectivity index (χ4n) is 4.39. The number of aliphatic hydroxyl groups is 1. The predicted molar refractivity (Wildman–Crippen MR) is 131 cm³/mol. The van der Waals surface area contributed by atoms with E-state index in [0.717, 1.165) is 18.7 Å². The maximum Gasteiger partial charge on any atom is 0.227 e. The number of nitrogens with one attached hydrogen (secondary N) is 1. The molecule has 0 spiro atoms. The van der Waals surface area contributed by atoms with Crippen LogP contribution in [0.4, 0.5) is 5.69 Å². The van der Waals surface area contributed by atoms with Crippen LogP contribution in [0.15, 0.2) is 18.2 Å². The molecule has 2 aliphatic rings. The highest BCUT2D eigenvalue weighted by atomic mass is 16.5. The van der Waals surface area contributed by atoms with Gasteiger partial charge in [-0.2, -0.15) is 0 Å². The van der Waals surface area contributed by atoms with Crippen LogP contribution < -0.4 is 10.1 Å². The number of aliphatic hydroxyl groups excluding tert-OH is 1. The predicted octanol–water partition coefficient (Wildman–Crippen LogP) is 1.06. The summed E-state index contributed by atoms with van der Waals surface area (Å²) in [6.45, 7) is 8.86.